The van der Waals surface area contributed by atoms with Crippen molar-refractivity contribution in [1.82, 2.24) is 15.2 Å². The molecule has 5 heteroatoms. The first kappa shape index (κ1) is 16.1. The van der Waals surface area contributed by atoms with Gasteiger partial charge < -0.3 is 5.32 Å². The first-order valence-corrected chi connectivity index (χ1v) is 7.99. The van der Waals surface area contributed by atoms with Crippen LogP contribution in [-0.4, -0.2) is 35.4 Å². The SMILES string of the molecule is CCCNC(=O)CN(CCC)Cc1csc(CC)n1. The van der Waals surface area contributed by atoms with Crippen LogP contribution in [0, 0.1) is 0 Å². The normalized spacial score (nSPS) is 10.9. The van der Waals surface area contributed by atoms with Gasteiger partial charge in [-0.05, 0) is 25.8 Å². The van der Waals surface area contributed by atoms with Gasteiger partial charge in [0.2, 0.25) is 5.91 Å². The van der Waals surface area contributed by atoms with Gasteiger partial charge in [0.05, 0.1) is 17.2 Å². The smallest absolute Gasteiger partial charge is 0.234 e. The van der Waals surface area contributed by atoms with E-state index in [2.05, 4.69) is 41.4 Å². The van der Waals surface area contributed by atoms with Gasteiger partial charge in [-0.2, -0.15) is 0 Å². The topological polar surface area (TPSA) is 45.2 Å². The van der Waals surface area contributed by atoms with Crippen LogP contribution >= 0.6 is 11.3 Å². The Kier molecular flexibility index (Phi) is 7.67. The Morgan fingerprint density at radius 1 is 1.37 bits per heavy atom. The van der Waals surface area contributed by atoms with E-state index in [1.54, 1.807) is 11.3 Å². The molecule has 0 saturated carbocycles. The fourth-order valence-corrected chi connectivity index (χ4v) is 2.60. The second kappa shape index (κ2) is 9.04. The molecule has 1 aromatic heterocycles. The summed E-state index contributed by atoms with van der Waals surface area (Å²) in [4.78, 5) is 18.5. The zero-order chi connectivity index (χ0) is 14.1. The summed E-state index contributed by atoms with van der Waals surface area (Å²) in [6.07, 6.45) is 3.01. The van der Waals surface area contributed by atoms with Gasteiger partial charge in [0.15, 0.2) is 0 Å². The Balaban J connectivity index is 2.49. The van der Waals surface area contributed by atoms with Crippen molar-refractivity contribution in [3.63, 3.8) is 0 Å². The molecule has 0 unspecified atom stereocenters. The number of aromatic nitrogens is 1. The Labute approximate surface area is 120 Å². The molecule has 1 heterocycles. The number of aryl methyl sites for hydroxylation is 1. The summed E-state index contributed by atoms with van der Waals surface area (Å²) in [5.74, 6) is 0.112. The van der Waals surface area contributed by atoms with Crippen LogP contribution in [0.5, 0.6) is 0 Å². The van der Waals surface area contributed by atoms with Crippen LogP contribution in [0.2, 0.25) is 0 Å². The van der Waals surface area contributed by atoms with Crippen LogP contribution in [0.3, 0.4) is 0 Å². The van der Waals surface area contributed by atoms with Crippen LogP contribution in [0.4, 0.5) is 0 Å². The second-order valence-electron chi connectivity index (χ2n) is 4.65. The zero-order valence-corrected chi connectivity index (χ0v) is 13.1. The van der Waals surface area contributed by atoms with Crippen molar-refractivity contribution >= 4 is 17.2 Å². The molecule has 1 amide bonds. The molecule has 0 radical (unpaired) electrons. The maximum absolute atomic E-state index is 11.8. The van der Waals surface area contributed by atoms with Gasteiger partial charge >= 0.3 is 0 Å². The summed E-state index contributed by atoms with van der Waals surface area (Å²) < 4.78 is 0. The van der Waals surface area contributed by atoms with Crippen molar-refractivity contribution in [3.05, 3.63) is 16.1 Å². The maximum Gasteiger partial charge on any atom is 0.234 e. The highest BCUT2D eigenvalue weighted by Gasteiger charge is 2.11. The molecule has 0 atom stereocenters. The fourth-order valence-electron chi connectivity index (χ4n) is 1.87. The molecule has 19 heavy (non-hydrogen) atoms. The molecule has 0 saturated heterocycles. The standard InChI is InChI=1S/C14H25N3OS/c1-4-7-15-13(18)10-17(8-5-2)9-12-11-19-14(6-3)16-12/h11H,4-10H2,1-3H3,(H,15,18). The van der Waals surface area contributed by atoms with Crippen molar-refractivity contribution in [2.45, 2.75) is 46.6 Å². The minimum atomic E-state index is 0.112. The largest absolute Gasteiger partial charge is 0.355 e. The number of hydrogen-bond acceptors (Lipinski definition) is 4. The van der Waals surface area contributed by atoms with E-state index < -0.39 is 0 Å². The minimum absolute atomic E-state index is 0.112. The molecule has 108 valence electrons. The lowest BCUT2D eigenvalue weighted by atomic mass is 10.3. The van der Waals surface area contributed by atoms with Crippen LogP contribution in [0.15, 0.2) is 5.38 Å². The number of amides is 1. The molecule has 4 nitrogen and oxygen atoms in total. The Hall–Kier alpha value is -0.940. The van der Waals surface area contributed by atoms with Gasteiger partial charge in [0, 0.05) is 18.5 Å². The van der Waals surface area contributed by atoms with Gasteiger partial charge in [0.1, 0.15) is 0 Å². The van der Waals surface area contributed by atoms with E-state index >= 15 is 0 Å². The molecule has 0 aliphatic heterocycles. The predicted octanol–water partition coefficient (Wildman–Crippen LogP) is 2.44. The average molecular weight is 283 g/mol. The molecule has 1 N–H and O–H groups in total. The average Bonchev–Trinajstić information content (AvgIpc) is 2.84. The molecule has 0 aliphatic rings. The first-order valence-electron chi connectivity index (χ1n) is 7.11. The van der Waals surface area contributed by atoms with Crippen molar-refractivity contribution < 1.29 is 4.79 Å². The molecule has 0 fully saturated rings. The molecule has 1 aromatic rings. The van der Waals surface area contributed by atoms with E-state index in [4.69, 9.17) is 0 Å². The highest BCUT2D eigenvalue weighted by Crippen LogP contribution is 2.12. The van der Waals surface area contributed by atoms with Crippen molar-refractivity contribution in [2.24, 2.45) is 0 Å². The van der Waals surface area contributed by atoms with Gasteiger partial charge in [-0.25, -0.2) is 4.98 Å². The molecule has 0 spiro atoms. The highest BCUT2D eigenvalue weighted by atomic mass is 32.1. The Morgan fingerprint density at radius 2 is 2.16 bits per heavy atom. The summed E-state index contributed by atoms with van der Waals surface area (Å²) in [5, 5.41) is 6.20. The molecule has 0 aliphatic carbocycles. The molecular formula is C14H25N3OS. The van der Waals surface area contributed by atoms with Gasteiger partial charge in [-0.1, -0.05) is 20.8 Å². The fraction of sp³-hybridized carbons (Fsp3) is 0.714. The summed E-state index contributed by atoms with van der Waals surface area (Å²) >= 11 is 1.70. The van der Waals surface area contributed by atoms with Crippen LogP contribution in [0.25, 0.3) is 0 Å². The third-order valence-corrected chi connectivity index (χ3v) is 3.81. The quantitative estimate of drug-likeness (QED) is 0.757. The van der Waals surface area contributed by atoms with Crippen molar-refractivity contribution in [3.8, 4) is 0 Å². The van der Waals surface area contributed by atoms with E-state index in [1.165, 1.54) is 5.01 Å². The number of nitrogens with one attached hydrogen (secondary N) is 1. The zero-order valence-electron chi connectivity index (χ0n) is 12.2. The number of thiazole rings is 1. The first-order chi connectivity index (χ1) is 9.19. The van der Waals surface area contributed by atoms with Crippen molar-refractivity contribution in [1.29, 1.82) is 0 Å². The predicted molar refractivity (Wildman–Crippen MR) is 80.4 cm³/mol. The lowest BCUT2D eigenvalue weighted by molar-refractivity contribution is -0.122. The lowest BCUT2D eigenvalue weighted by Crippen LogP contribution is -2.37. The number of nitrogens with zero attached hydrogens (tertiary/aromatic N) is 2. The number of carbonyl (C=O) groups is 1. The number of rotatable bonds is 9. The number of hydrogen-bond donors (Lipinski definition) is 1. The number of carbonyl (C=O) groups excluding carboxylic acids is 1. The van der Waals surface area contributed by atoms with Crippen LogP contribution in [-0.2, 0) is 17.8 Å². The van der Waals surface area contributed by atoms with Gasteiger partial charge in [-0.15, -0.1) is 11.3 Å². The second-order valence-corrected chi connectivity index (χ2v) is 5.59. The molecule has 1 rings (SSSR count). The van der Waals surface area contributed by atoms with Gasteiger partial charge in [-0.3, -0.25) is 9.69 Å². The molecule has 0 bridgehead atoms. The van der Waals surface area contributed by atoms with E-state index in [-0.39, 0.29) is 5.91 Å². The monoisotopic (exact) mass is 283 g/mol. The van der Waals surface area contributed by atoms with Gasteiger partial charge in [0.25, 0.3) is 0 Å². The van der Waals surface area contributed by atoms with Crippen LogP contribution in [0.1, 0.15) is 44.3 Å². The third-order valence-electron chi connectivity index (χ3n) is 2.77. The van der Waals surface area contributed by atoms with Crippen molar-refractivity contribution in [2.75, 3.05) is 19.6 Å². The Bertz CT molecular complexity index is 379. The summed E-state index contributed by atoms with van der Waals surface area (Å²) in [5.41, 5.74) is 1.08. The van der Waals surface area contributed by atoms with E-state index in [0.717, 1.165) is 44.6 Å². The summed E-state index contributed by atoms with van der Waals surface area (Å²) in [6, 6.07) is 0. The molecular weight excluding hydrogens is 258 g/mol. The van der Waals surface area contributed by atoms with Crippen LogP contribution < -0.4 is 5.32 Å². The van der Waals surface area contributed by atoms with E-state index in [1.807, 2.05) is 0 Å². The maximum atomic E-state index is 11.8. The lowest BCUT2D eigenvalue weighted by Gasteiger charge is -2.19. The van der Waals surface area contributed by atoms with E-state index in [9.17, 15) is 4.79 Å². The molecule has 0 aromatic carbocycles. The highest BCUT2D eigenvalue weighted by molar-refractivity contribution is 7.09. The third kappa shape index (κ3) is 6.16. The summed E-state index contributed by atoms with van der Waals surface area (Å²) in [7, 11) is 0. The Morgan fingerprint density at radius 3 is 2.74 bits per heavy atom. The minimum Gasteiger partial charge on any atom is -0.355 e. The summed E-state index contributed by atoms with van der Waals surface area (Å²) in [6.45, 7) is 9.23. The van der Waals surface area contributed by atoms with E-state index in [0.29, 0.717) is 6.54 Å².